The van der Waals surface area contributed by atoms with E-state index in [0.717, 1.165) is 32.6 Å². The Morgan fingerprint density at radius 3 is 2.24 bits per heavy atom. The van der Waals surface area contributed by atoms with Crippen molar-refractivity contribution in [2.75, 3.05) is 37.6 Å². The number of carbonyl (C=O) groups is 1. The second-order valence-electron chi connectivity index (χ2n) is 6.49. The summed E-state index contributed by atoms with van der Waals surface area (Å²) >= 11 is 0. The molecular formula is C20H23N3O2. The molecule has 25 heavy (non-hydrogen) atoms. The Morgan fingerprint density at radius 2 is 1.48 bits per heavy atom. The quantitative estimate of drug-likeness (QED) is 0.803. The lowest BCUT2D eigenvalue weighted by atomic mass is 10.1. The van der Waals surface area contributed by atoms with Crippen molar-refractivity contribution in [1.29, 1.82) is 0 Å². The van der Waals surface area contributed by atoms with Gasteiger partial charge in [-0.1, -0.05) is 42.5 Å². The minimum atomic E-state index is -0.0134. The Morgan fingerprint density at radius 1 is 0.800 bits per heavy atom. The summed E-state index contributed by atoms with van der Waals surface area (Å²) in [6.45, 7) is 4.22. The van der Waals surface area contributed by atoms with Crippen LogP contribution in [0.2, 0.25) is 0 Å². The fraction of sp³-hybridized carbons (Fsp3) is 0.350. The van der Waals surface area contributed by atoms with Crippen LogP contribution in [0.3, 0.4) is 0 Å². The number of hydrogen-bond acceptors (Lipinski definition) is 3. The third kappa shape index (κ3) is 3.46. The lowest BCUT2D eigenvalue weighted by molar-refractivity contribution is -0.131. The molecule has 1 saturated heterocycles. The van der Waals surface area contributed by atoms with Gasteiger partial charge in [0, 0.05) is 31.9 Å². The molecule has 0 saturated carbocycles. The van der Waals surface area contributed by atoms with Gasteiger partial charge in [0.05, 0.1) is 6.54 Å². The molecule has 1 fully saturated rings. The summed E-state index contributed by atoms with van der Waals surface area (Å²) in [5.74, 6) is 0. The molecule has 4 rings (SSSR count). The van der Waals surface area contributed by atoms with Crippen LogP contribution in [-0.4, -0.2) is 48.7 Å². The largest absolute Gasteiger partial charge is 0.368 e. The van der Waals surface area contributed by atoms with Crippen LogP contribution in [0.1, 0.15) is 11.1 Å². The lowest BCUT2D eigenvalue weighted by Crippen LogP contribution is -2.53. The van der Waals surface area contributed by atoms with E-state index >= 15 is 0 Å². The van der Waals surface area contributed by atoms with E-state index in [2.05, 4.69) is 41.3 Å². The van der Waals surface area contributed by atoms with Crippen molar-refractivity contribution >= 4 is 11.7 Å². The maximum absolute atomic E-state index is 12.8. The van der Waals surface area contributed by atoms with Gasteiger partial charge < -0.3 is 9.80 Å². The number of carbonyl (C=O) groups excluding carboxylic acids is 1. The van der Waals surface area contributed by atoms with Crippen LogP contribution in [0.5, 0.6) is 0 Å². The minimum Gasteiger partial charge on any atom is -0.368 e. The molecule has 0 aliphatic carbocycles. The van der Waals surface area contributed by atoms with E-state index in [1.807, 2.05) is 23.1 Å². The highest BCUT2D eigenvalue weighted by Crippen LogP contribution is 2.19. The second-order valence-corrected chi connectivity index (χ2v) is 6.49. The highest BCUT2D eigenvalue weighted by Gasteiger charge is 2.27. The molecule has 0 atom stereocenters. The molecular weight excluding hydrogens is 314 g/mol. The predicted molar refractivity (Wildman–Crippen MR) is 97.3 cm³/mol. The maximum atomic E-state index is 12.8. The fourth-order valence-electron chi connectivity index (χ4n) is 3.48. The molecule has 2 heterocycles. The first-order valence-corrected chi connectivity index (χ1v) is 8.87. The Bertz CT molecular complexity index is 700. The van der Waals surface area contributed by atoms with Crippen molar-refractivity contribution in [2.45, 2.75) is 13.0 Å². The van der Waals surface area contributed by atoms with Gasteiger partial charge in [-0.05, 0) is 29.7 Å². The van der Waals surface area contributed by atoms with Crippen molar-refractivity contribution in [2.24, 2.45) is 0 Å². The van der Waals surface area contributed by atoms with Crippen LogP contribution in [0.4, 0.5) is 10.5 Å². The third-order valence-corrected chi connectivity index (χ3v) is 4.96. The normalized spacial score (nSPS) is 17.8. The molecule has 130 valence electrons. The molecule has 0 unspecified atom stereocenters. The van der Waals surface area contributed by atoms with Gasteiger partial charge in [-0.15, -0.1) is 0 Å². The van der Waals surface area contributed by atoms with E-state index < -0.39 is 0 Å². The lowest BCUT2D eigenvalue weighted by Gasteiger charge is -2.37. The summed E-state index contributed by atoms with van der Waals surface area (Å²) in [7, 11) is 0. The van der Waals surface area contributed by atoms with Gasteiger partial charge in [0.1, 0.15) is 6.61 Å². The zero-order valence-corrected chi connectivity index (χ0v) is 14.3. The van der Waals surface area contributed by atoms with Crippen LogP contribution < -0.4 is 4.90 Å². The molecule has 0 bridgehead atoms. The number of fused-ring (bicyclic) bond motifs is 1. The first kappa shape index (κ1) is 16.0. The van der Waals surface area contributed by atoms with Gasteiger partial charge in [0.15, 0.2) is 0 Å². The molecule has 0 aromatic heterocycles. The highest BCUT2D eigenvalue weighted by atomic mass is 16.7. The number of benzene rings is 2. The van der Waals surface area contributed by atoms with E-state index in [0.29, 0.717) is 13.2 Å². The first-order chi connectivity index (χ1) is 12.3. The van der Waals surface area contributed by atoms with Crippen LogP contribution in [0.25, 0.3) is 0 Å². The summed E-state index contributed by atoms with van der Waals surface area (Å²) in [4.78, 5) is 22.8. The number of urea groups is 1. The van der Waals surface area contributed by atoms with E-state index in [1.165, 1.54) is 21.9 Å². The third-order valence-electron chi connectivity index (χ3n) is 4.96. The average Bonchev–Trinajstić information content (AvgIpc) is 2.91. The van der Waals surface area contributed by atoms with E-state index in [1.54, 1.807) is 0 Å². The van der Waals surface area contributed by atoms with Gasteiger partial charge in [0.2, 0.25) is 0 Å². The zero-order chi connectivity index (χ0) is 17.1. The van der Waals surface area contributed by atoms with Gasteiger partial charge in [-0.3, -0.25) is 4.84 Å². The molecule has 5 nitrogen and oxygen atoms in total. The van der Waals surface area contributed by atoms with Crippen molar-refractivity contribution in [3.05, 3.63) is 65.7 Å². The Kier molecular flexibility index (Phi) is 4.57. The van der Waals surface area contributed by atoms with Crippen molar-refractivity contribution < 1.29 is 9.63 Å². The zero-order valence-electron chi connectivity index (χ0n) is 14.3. The van der Waals surface area contributed by atoms with Crippen LogP contribution in [-0.2, 0) is 17.9 Å². The number of hydrogen-bond donors (Lipinski definition) is 0. The van der Waals surface area contributed by atoms with Gasteiger partial charge in [0.25, 0.3) is 0 Å². The minimum absolute atomic E-state index is 0.0134. The molecule has 5 heteroatoms. The number of para-hydroxylation sites is 1. The number of hydroxylamine groups is 2. The number of piperazine rings is 1. The van der Waals surface area contributed by atoms with Crippen molar-refractivity contribution in [3.8, 4) is 0 Å². The first-order valence-electron chi connectivity index (χ1n) is 8.87. The van der Waals surface area contributed by atoms with Crippen LogP contribution in [0.15, 0.2) is 54.6 Å². The molecule has 0 spiro atoms. The van der Waals surface area contributed by atoms with Gasteiger partial charge in [-0.25, -0.2) is 9.86 Å². The molecule has 2 aliphatic rings. The predicted octanol–water partition coefficient (Wildman–Crippen LogP) is 2.92. The van der Waals surface area contributed by atoms with Crippen molar-refractivity contribution in [3.63, 3.8) is 0 Å². The van der Waals surface area contributed by atoms with Crippen molar-refractivity contribution in [1.82, 2.24) is 9.96 Å². The molecule has 2 aromatic rings. The number of amides is 2. The Hall–Kier alpha value is -2.53. The summed E-state index contributed by atoms with van der Waals surface area (Å²) < 4.78 is 0. The topological polar surface area (TPSA) is 36.0 Å². The molecule has 0 radical (unpaired) electrons. The molecule has 2 aliphatic heterocycles. The number of rotatable bonds is 1. The SMILES string of the molecule is O=C(N1CCN(c2ccccc2)CC1)N1CCc2ccccc2CO1. The Labute approximate surface area is 148 Å². The van der Waals surface area contributed by atoms with Gasteiger partial charge >= 0.3 is 6.03 Å². The standard InChI is InChI=1S/C20H23N3O2/c24-20(23-11-10-17-6-4-5-7-18(17)16-25-23)22-14-12-21(13-15-22)19-8-2-1-3-9-19/h1-9H,10-16H2. The summed E-state index contributed by atoms with van der Waals surface area (Å²) in [5, 5.41) is 1.54. The monoisotopic (exact) mass is 337 g/mol. The summed E-state index contributed by atoms with van der Waals surface area (Å²) in [6.07, 6.45) is 0.839. The maximum Gasteiger partial charge on any atom is 0.344 e. The van der Waals surface area contributed by atoms with E-state index in [9.17, 15) is 4.79 Å². The van der Waals surface area contributed by atoms with E-state index in [4.69, 9.17) is 4.84 Å². The number of nitrogens with zero attached hydrogens (tertiary/aromatic N) is 3. The smallest absolute Gasteiger partial charge is 0.344 e. The average molecular weight is 337 g/mol. The van der Waals surface area contributed by atoms with E-state index in [-0.39, 0.29) is 6.03 Å². The highest BCUT2D eigenvalue weighted by molar-refractivity contribution is 5.74. The van der Waals surface area contributed by atoms with Gasteiger partial charge in [-0.2, -0.15) is 0 Å². The second kappa shape index (κ2) is 7.15. The summed E-state index contributed by atoms with van der Waals surface area (Å²) in [5.41, 5.74) is 3.66. The van der Waals surface area contributed by atoms with Crippen LogP contribution in [0, 0.1) is 0 Å². The molecule has 2 amide bonds. The fourth-order valence-corrected chi connectivity index (χ4v) is 3.48. The van der Waals surface area contributed by atoms with Crippen LogP contribution >= 0.6 is 0 Å². The molecule has 2 aromatic carbocycles. The summed E-state index contributed by atoms with van der Waals surface area (Å²) in [6, 6.07) is 18.6. The number of anilines is 1. The molecule has 0 N–H and O–H groups in total. The Balaban J connectivity index is 1.35.